The Kier molecular flexibility index (Phi) is 6.01. The molecule has 0 bridgehead atoms. The number of amides is 1. The molecule has 1 atom stereocenters. The lowest BCUT2D eigenvalue weighted by molar-refractivity contribution is -0.117. The second kappa shape index (κ2) is 7.63. The Morgan fingerprint density at radius 2 is 2.08 bits per heavy atom. The van der Waals surface area contributed by atoms with Crippen molar-refractivity contribution in [2.75, 3.05) is 31.7 Å². The predicted molar refractivity (Wildman–Crippen MR) is 93.7 cm³/mol. The van der Waals surface area contributed by atoms with Crippen molar-refractivity contribution in [2.45, 2.75) is 44.6 Å². The first kappa shape index (κ1) is 18.9. The smallest absolute Gasteiger partial charge is 0.243 e. The number of carbonyl (C=O) groups excluding carboxylic acids is 1. The maximum absolute atomic E-state index is 13.0. The molecule has 1 aliphatic rings. The number of likely N-dealkylation sites (N-methyl/N-ethyl adjacent to an activating group) is 1. The maximum Gasteiger partial charge on any atom is 0.243 e. The van der Waals surface area contributed by atoms with Gasteiger partial charge in [-0.3, -0.25) is 4.79 Å². The van der Waals surface area contributed by atoms with Crippen LogP contribution in [0.4, 0.5) is 5.69 Å². The molecule has 1 amide bonds. The molecule has 24 heavy (non-hydrogen) atoms. The van der Waals surface area contributed by atoms with Crippen molar-refractivity contribution in [1.29, 1.82) is 0 Å². The summed E-state index contributed by atoms with van der Waals surface area (Å²) in [4.78, 5) is 13.9. The minimum atomic E-state index is -3.61. The van der Waals surface area contributed by atoms with Gasteiger partial charge >= 0.3 is 0 Å². The number of sulfonamides is 1. The van der Waals surface area contributed by atoms with Crippen LogP contribution in [0.3, 0.4) is 0 Å². The number of rotatable bonds is 7. The topological polar surface area (TPSA) is 66.9 Å². The summed E-state index contributed by atoms with van der Waals surface area (Å²) >= 11 is 0. The van der Waals surface area contributed by atoms with Gasteiger partial charge in [-0.1, -0.05) is 6.92 Å². The minimum Gasteiger partial charge on any atom is -0.383 e. The normalized spacial score (nSPS) is 16.9. The molecule has 7 heteroatoms. The fourth-order valence-electron chi connectivity index (χ4n) is 3.18. The molecule has 1 aromatic rings. The molecule has 6 nitrogen and oxygen atoms in total. The quantitative estimate of drug-likeness (QED) is 0.753. The lowest BCUT2D eigenvalue weighted by Gasteiger charge is -2.27. The summed E-state index contributed by atoms with van der Waals surface area (Å²) in [7, 11) is -2.05. The van der Waals surface area contributed by atoms with Crippen LogP contribution in [-0.2, 0) is 19.6 Å². The Labute approximate surface area is 144 Å². The largest absolute Gasteiger partial charge is 0.383 e. The highest BCUT2D eigenvalue weighted by Gasteiger charge is 2.30. The van der Waals surface area contributed by atoms with Crippen LogP contribution in [0.2, 0.25) is 0 Å². The average molecular weight is 354 g/mol. The van der Waals surface area contributed by atoms with E-state index in [1.54, 1.807) is 37.1 Å². The number of ether oxygens (including phenoxy) is 1. The van der Waals surface area contributed by atoms with Gasteiger partial charge in [0.1, 0.15) is 0 Å². The van der Waals surface area contributed by atoms with Gasteiger partial charge in [-0.2, -0.15) is 4.31 Å². The van der Waals surface area contributed by atoms with Crippen LogP contribution in [-0.4, -0.2) is 51.5 Å². The van der Waals surface area contributed by atoms with Gasteiger partial charge in [0.2, 0.25) is 15.9 Å². The summed E-state index contributed by atoms with van der Waals surface area (Å²) in [5.41, 5.74) is 1.41. The van der Waals surface area contributed by atoms with Crippen LogP contribution in [0.25, 0.3) is 0 Å². The molecule has 134 valence electrons. The first-order valence-corrected chi connectivity index (χ1v) is 9.68. The van der Waals surface area contributed by atoms with Crippen LogP contribution in [0.5, 0.6) is 0 Å². The molecule has 1 fully saturated rings. The molecule has 1 aromatic carbocycles. The second-order valence-corrected chi connectivity index (χ2v) is 7.97. The SMILES string of the molecule is CCN([C@H](C)COC)S(=O)(=O)c1ccc(N2CCCC2=O)cc1C. The lowest BCUT2D eigenvalue weighted by Crippen LogP contribution is -2.41. The van der Waals surface area contributed by atoms with Crippen molar-refractivity contribution >= 4 is 21.6 Å². The van der Waals surface area contributed by atoms with E-state index in [4.69, 9.17) is 4.74 Å². The molecule has 1 aliphatic heterocycles. The molecule has 1 heterocycles. The van der Waals surface area contributed by atoms with Crippen molar-refractivity contribution < 1.29 is 17.9 Å². The van der Waals surface area contributed by atoms with Crippen molar-refractivity contribution in [3.63, 3.8) is 0 Å². The molecule has 0 saturated carbocycles. The van der Waals surface area contributed by atoms with Crippen molar-refractivity contribution in [1.82, 2.24) is 4.31 Å². The van der Waals surface area contributed by atoms with Gasteiger partial charge in [-0.05, 0) is 44.0 Å². The van der Waals surface area contributed by atoms with Crippen LogP contribution < -0.4 is 4.90 Å². The molecule has 0 radical (unpaired) electrons. The highest BCUT2D eigenvalue weighted by atomic mass is 32.2. The zero-order valence-corrected chi connectivity index (χ0v) is 15.6. The van der Waals surface area contributed by atoms with E-state index in [1.165, 1.54) is 4.31 Å². The van der Waals surface area contributed by atoms with E-state index < -0.39 is 10.0 Å². The summed E-state index contributed by atoms with van der Waals surface area (Å²) in [5.74, 6) is 0.0916. The number of methoxy groups -OCH3 is 1. The monoisotopic (exact) mass is 354 g/mol. The Balaban J connectivity index is 2.35. The standard InChI is InChI=1S/C17H26N2O4S/c1-5-19(14(3)12-23-4)24(21,22)16-9-8-15(11-13(16)2)18-10-6-7-17(18)20/h8-9,11,14H,5-7,10,12H2,1-4H3/t14-/m1/s1. The number of hydrogen-bond donors (Lipinski definition) is 0. The molecule has 1 saturated heterocycles. The van der Waals surface area contributed by atoms with Gasteiger partial charge in [-0.25, -0.2) is 8.42 Å². The third-order valence-corrected chi connectivity index (χ3v) is 6.59. The van der Waals surface area contributed by atoms with Crippen molar-refractivity contribution in [3.05, 3.63) is 23.8 Å². The summed E-state index contributed by atoms with van der Waals surface area (Å²) in [6, 6.07) is 4.86. The van der Waals surface area contributed by atoms with Gasteiger partial charge in [0.15, 0.2) is 0 Å². The van der Waals surface area contributed by atoms with Gasteiger partial charge in [0, 0.05) is 38.3 Å². The van der Waals surface area contributed by atoms with Crippen LogP contribution in [0.1, 0.15) is 32.3 Å². The third kappa shape index (κ3) is 3.63. The van der Waals surface area contributed by atoms with E-state index in [-0.39, 0.29) is 16.8 Å². The fraction of sp³-hybridized carbons (Fsp3) is 0.588. The Morgan fingerprint density at radius 1 is 1.38 bits per heavy atom. The van der Waals surface area contributed by atoms with E-state index in [0.717, 1.165) is 12.1 Å². The van der Waals surface area contributed by atoms with Crippen LogP contribution in [0, 0.1) is 6.92 Å². The van der Waals surface area contributed by atoms with E-state index in [2.05, 4.69) is 0 Å². The lowest BCUT2D eigenvalue weighted by atomic mass is 10.2. The van der Waals surface area contributed by atoms with Crippen LogP contribution in [0.15, 0.2) is 23.1 Å². The molecule has 0 spiro atoms. The number of nitrogens with zero attached hydrogens (tertiary/aromatic N) is 2. The summed E-state index contributed by atoms with van der Waals surface area (Å²) in [5, 5.41) is 0. The molecular weight excluding hydrogens is 328 g/mol. The maximum atomic E-state index is 13.0. The van der Waals surface area contributed by atoms with Gasteiger partial charge in [-0.15, -0.1) is 0 Å². The predicted octanol–water partition coefficient (Wildman–Crippen LogP) is 2.17. The highest BCUT2D eigenvalue weighted by Crippen LogP contribution is 2.28. The first-order valence-electron chi connectivity index (χ1n) is 8.24. The number of aryl methyl sites for hydroxylation is 1. The molecule has 2 rings (SSSR count). The number of anilines is 1. The zero-order valence-electron chi connectivity index (χ0n) is 14.8. The first-order chi connectivity index (χ1) is 11.3. The number of carbonyl (C=O) groups is 1. The number of hydrogen-bond acceptors (Lipinski definition) is 4. The third-order valence-electron chi connectivity index (χ3n) is 4.34. The van der Waals surface area contributed by atoms with Gasteiger partial charge < -0.3 is 9.64 Å². The summed E-state index contributed by atoms with van der Waals surface area (Å²) < 4.78 is 32.5. The highest BCUT2D eigenvalue weighted by molar-refractivity contribution is 7.89. The molecular formula is C17H26N2O4S. The zero-order chi connectivity index (χ0) is 17.9. The Bertz CT molecular complexity index is 703. The molecule has 0 N–H and O–H groups in total. The van der Waals surface area contributed by atoms with E-state index in [0.29, 0.717) is 31.7 Å². The van der Waals surface area contributed by atoms with E-state index >= 15 is 0 Å². The molecule has 0 unspecified atom stereocenters. The Hall–Kier alpha value is -1.44. The van der Waals surface area contributed by atoms with Crippen LogP contribution >= 0.6 is 0 Å². The molecule has 0 aromatic heterocycles. The summed E-state index contributed by atoms with van der Waals surface area (Å²) in [6.07, 6.45) is 1.40. The average Bonchev–Trinajstić information content (AvgIpc) is 2.93. The summed E-state index contributed by atoms with van der Waals surface area (Å²) in [6.45, 7) is 6.82. The van der Waals surface area contributed by atoms with Crippen molar-refractivity contribution in [2.24, 2.45) is 0 Å². The minimum absolute atomic E-state index is 0.0916. The van der Waals surface area contributed by atoms with Crippen molar-refractivity contribution in [3.8, 4) is 0 Å². The van der Waals surface area contributed by atoms with Gasteiger partial charge in [0.05, 0.1) is 11.5 Å². The Morgan fingerprint density at radius 3 is 2.58 bits per heavy atom. The van der Waals surface area contributed by atoms with E-state index in [9.17, 15) is 13.2 Å². The fourth-order valence-corrected chi connectivity index (χ4v) is 5.01. The van der Waals surface area contributed by atoms with Gasteiger partial charge in [0.25, 0.3) is 0 Å². The second-order valence-electron chi connectivity index (χ2n) is 6.11. The molecule has 0 aliphatic carbocycles. The van der Waals surface area contributed by atoms with E-state index in [1.807, 2.05) is 13.8 Å². The number of benzene rings is 1.